The van der Waals surface area contributed by atoms with E-state index >= 15 is 0 Å². The summed E-state index contributed by atoms with van der Waals surface area (Å²) >= 11 is 0. The van der Waals surface area contributed by atoms with Crippen LogP contribution < -0.4 is 11.2 Å². The second-order valence-electron chi connectivity index (χ2n) is 8.13. The molecule has 0 N–H and O–H groups in total. The highest BCUT2D eigenvalue weighted by Crippen LogP contribution is 2.25. The molecule has 0 amide bonds. The topological polar surface area (TPSA) is 78.7 Å². The predicted molar refractivity (Wildman–Crippen MR) is 118 cm³/mol. The van der Waals surface area contributed by atoms with E-state index in [-0.39, 0.29) is 12.2 Å². The van der Waals surface area contributed by atoms with Crippen LogP contribution in [0, 0.1) is 19.7 Å². The summed E-state index contributed by atoms with van der Waals surface area (Å²) in [6.45, 7) is 7.44. The van der Waals surface area contributed by atoms with Gasteiger partial charge in [0.1, 0.15) is 5.82 Å². The lowest BCUT2D eigenvalue weighted by molar-refractivity contribution is 0.0361. The Bertz CT molecular complexity index is 1450. The highest BCUT2D eigenvalue weighted by Gasteiger charge is 2.24. The van der Waals surface area contributed by atoms with E-state index < -0.39 is 17.1 Å². The maximum Gasteiger partial charge on any atom is 0.332 e. The van der Waals surface area contributed by atoms with Crippen molar-refractivity contribution in [2.24, 2.45) is 7.05 Å². The molecule has 0 radical (unpaired) electrons. The highest BCUT2D eigenvalue weighted by atomic mass is 19.1. The molecule has 0 saturated carbocycles. The van der Waals surface area contributed by atoms with Crippen molar-refractivity contribution in [2.45, 2.75) is 20.4 Å². The number of aromatic nitrogens is 5. The Labute approximate surface area is 182 Å². The van der Waals surface area contributed by atoms with Gasteiger partial charge in [-0.2, -0.15) is 4.98 Å². The molecule has 168 valence electrons. The third-order valence-electron chi connectivity index (χ3n) is 6.36. The number of ether oxygens (including phenoxy) is 1. The highest BCUT2D eigenvalue weighted by molar-refractivity contribution is 5.77. The summed E-state index contributed by atoms with van der Waals surface area (Å²) in [6, 6.07) is 6.43. The van der Waals surface area contributed by atoms with Gasteiger partial charge in [-0.15, -0.1) is 0 Å². The van der Waals surface area contributed by atoms with E-state index in [2.05, 4.69) is 9.88 Å². The fraction of sp³-hybridized carbons (Fsp3) is 0.409. The van der Waals surface area contributed by atoms with Gasteiger partial charge in [0.2, 0.25) is 5.78 Å². The number of nitrogens with zero attached hydrogens (tertiary/aromatic N) is 6. The minimum atomic E-state index is -0.414. The average molecular weight is 440 g/mol. The van der Waals surface area contributed by atoms with E-state index in [1.807, 2.05) is 13.8 Å². The molecular weight excluding hydrogens is 415 g/mol. The molecule has 1 fully saturated rings. The Morgan fingerprint density at radius 1 is 1.06 bits per heavy atom. The minimum absolute atomic E-state index is 0.279. The Morgan fingerprint density at radius 2 is 1.78 bits per heavy atom. The Hall–Kier alpha value is -3.24. The number of halogens is 1. The van der Waals surface area contributed by atoms with E-state index in [1.54, 1.807) is 34.2 Å². The van der Waals surface area contributed by atoms with Crippen molar-refractivity contribution in [3.8, 4) is 5.69 Å². The van der Waals surface area contributed by atoms with Crippen molar-refractivity contribution in [3.63, 3.8) is 0 Å². The van der Waals surface area contributed by atoms with Gasteiger partial charge in [0.15, 0.2) is 11.2 Å². The minimum Gasteiger partial charge on any atom is -0.379 e. The van der Waals surface area contributed by atoms with E-state index in [0.717, 1.165) is 24.5 Å². The zero-order chi connectivity index (χ0) is 22.6. The number of imidazole rings is 2. The first-order valence-electron chi connectivity index (χ1n) is 10.6. The van der Waals surface area contributed by atoms with Gasteiger partial charge in [-0.25, -0.2) is 9.18 Å². The molecule has 0 unspecified atom stereocenters. The molecule has 32 heavy (non-hydrogen) atoms. The third-order valence-corrected chi connectivity index (χ3v) is 6.36. The van der Waals surface area contributed by atoms with Crippen LogP contribution in [0.25, 0.3) is 22.6 Å². The summed E-state index contributed by atoms with van der Waals surface area (Å²) in [5, 5.41) is 0. The number of hydrogen-bond acceptors (Lipinski definition) is 5. The van der Waals surface area contributed by atoms with Gasteiger partial charge in [0, 0.05) is 44.6 Å². The zero-order valence-electron chi connectivity index (χ0n) is 18.3. The van der Waals surface area contributed by atoms with Crippen LogP contribution in [0.1, 0.15) is 11.4 Å². The maximum absolute atomic E-state index is 14.6. The van der Waals surface area contributed by atoms with Gasteiger partial charge in [-0.05, 0) is 26.0 Å². The van der Waals surface area contributed by atoms with E-state index in [4.69, 9.17) is 4.74 Å². The van der Waals surface area contributed by atoms with Gasteiger partial charge < -0.3 is 4.74 Å². The molecule has 1 saturated heterocycles. The summed E-state index contributed by atoms with van der Waals surface area (Å²) in [4.78, 5) is 33.3. The molecule has 1 aliphatic rings. The molecule has 0 aliphatic carbocycles. The number of para-hydroxylation sites is 1. The molecule has 9 nitrogen and oxygen atoms in total. The first-order chi connectivity index (χ1) is 15.4. The Balaban J connectivity index is 1.72. The number of rotatable bonds is 4. The van der Waals surface area contributed by atoms with Crippen molar-refractivity contribution in [1.82, 2.24) is 28.0 Å². The summed E-state index contributed by atoms with van der Waals surface area (Å²) in [6.07, 6.45) is 0. The van der Waals surface area contributed by atoms with Crippen LogP contribution in [0.4, 0.5) is 4.39 Å². The molecule has 0 bridgehead atoms. The van der Waals surface area contributed by atoms with Crippen LogP contribution in [0.5, 0.6) is 0 Å². The molecule has 4 aromatic rings. The number of hydrogen-bond donors (Lipinski definition) is 0. The van der Waals surface area contributed by atoms with E-state index in [9.17, 15) is 14.0 Å². The molecule has 3 aromatic heterocycles. The molecule has 5 rings (SSSR count). The van der Waals surface area contributed by atoms with Crippen molar-refractivity contribution in [2.75, 3.05) is 32.8 Å². The van der Waals surface area contributed by atoms with Gasteiger partial charge in [-0.3, -0.25) is 27.8 Å². The lowest BCUT2D eigenvalue weighted by atomic mass is 10.3. The number of aryl methyl sites for hydroxylation is 2. The van der Waals surface area contributed by atoms with Crippen LogP contribution in [0.2, 0.25) is 0 Å². The van der Waals surface area contributed by atoms with Crippen LogP contribution in [0.3, 0.4) is 0 Å². The average Bonchev–Trinajstić information content (AvgIpc) is 3.29. The summed E-state index contributed by atoms with van der Waals surface area (Å²) in [5.74, 6) is 0.00935. The maximum atomic E-state index is 14.6. The van der Waals surface area contributed by atoms with Crippen LogP contribution in [-0.2, 0) is 18.3 Å². The molecule has 0 atom stereocenters. The number of fused-ring (bicyclic) bond motifs is 3. The van der Waals surface area contributed by atoms with E-state index in [1.165, 1.54) is 15.2 Å². The van der Waals surface area contributed by atoms with Gasteiger partial charge in [0.25, 0.3) is 5.56 Å². The summed E-state index contributed by atoms with van der Waals surface area (Å²) < 4.78 is 26.1. The predicted octanol–water partition coefficient (Wildman–Crippen LogP) is 1.23. The lowest BCUT2D eigenvalue weighted by Gasteiger charge is -2.26. The van der Waals surface area contributed by atoms with Crippen LogP contribution in [0.15, 0.2) is 33.9 Å². The normalized spacial score (nSPS) is 15.2. The quantitative estimate of drug-likeness (QED) is 0.477. The standard InChI is InChI=1S/C22H25FN6O3/c1-14-15(2)29-18-19(24-21(29)28(14)17-7-5-4-6-16(17)23)25(3)22(31)27(20(18)30)9-8-26-10-12-32-13-11-26/h4-7H,8-13H2,1-3H3. The number of benzene rings is 1. The fourth-order valence-electron chi connectivity index (χ4n) is 4.44. The Morgan fingerprint density at radius 3 is 2.50 bits per heavy atom. The van der Waals surface area contributed by atoms with Crippen LogP contribution in [-0.4, -0.2) is 60.8 Å². The van der Waals surface area contributed by atoms with Crippen molar-refractivity contribution >= 4 is 16.9 Å². The molecular formula is C22H25FN6O3. The van der Waals surface area contributed by atoms with Gasteiger partial charge >= 0.3 is 5.69 Å². The SMILES string of the molecule is Cc1c(C)n2c3c(=O)n(CCN4CCOCC4)c(=O)n(C)c3nc2n1-c1ccccc1F. The first kappa shape index (κ1) is 20.7. The molecule has 10 heteroatoms. The second-order valence-corrected chi connectivity index (χ2v) is 8.13. The fourth-order valence-corrected chi connectivity index (χ4v) is 4.44. The smallest absolute Gasteiger partial charge is 0.332 e. The lowest BCUT2D eigenvalue weighted by Crippen LogP contribution is -2.44. The molecule has 1 aliphatic heterocycles. The monoisotopic (exact) mass is 440 g/mol. The van der Waals surface area contributed by atoms with E-state index in [0.29, 0.717) is 36.7 Å². The molecule has 1 aromatic carbocycles. The molecule has 4 heterocycles. The third kappa shape index (κ3) is 3.01. The van der Waals surface area contributed by atoms with Crippen molar-refractivity contribution < 1.29 is 9.13 Å². The molecule has 0 spiro atoms. The van der Waals surface area contributed by atoms with Gasteiger partial charge in [-0.1, -0.05) is 12.1 Å². The largest absolute Gasteiger partial charge is 0.379 e. The van der Waals surface area contributed by atoms with Crippen molar-refractivity contribution in [3.05, 3.63) is 62.3 Å². The van der Waals surface area contributed by atoms with Crippen LogP contribution >= 0.6 is 0 Å². The van der Waals surface area contributed by atoms with Crippen molar-refractivity contribution in [1.29, 1.82) is 0 Å². The Kier molecular flexibility index (Phi) is 4.98. The second kappa shape index (κ2) is 7.72. The summed E-state index contributed by atoms with van der Waals surface area (Å²) in [7, 11) is 1.61. The zero-order valence-corrected chi connectivity index (χ0v) is 18.3. The van der Waals surface area contributed by atoms with Gasteiger partial charge in [0.05, 0.1) is 18.9 Å². The number of morpholine rings is 1. The summed E-state index contributed by atoms with van der Waals surface area (Å²) in [5.41, 5.74) is 1.68. The first-order valence-corrected chi connectivity index (χ1v) is 10.6.